The van der Waals surface area contributed by atoms with E-state index in [2.05, 4.69) is 21.6 Å². The van der Waals surface area contributed by atoms with Gasteiger partial charge in [-0.3, -0.25) is 9.51 Å². The third kappa shape index (κ3) is 1.74. The Kier molecular flexibility index (Phi) is 2.08. The second kappa shape index (κ2) is 3.24. The van der Waals surface area contributed by atoms with Crippen LogP contribution in [0.3, 0.4) is 0 Å². The number of H-pyrrole nitrogens is 1. The summed E-state index contributed by atoms with van der Waals surface area (Å²) in [5.74, 6) is 0.861. The SMILES string of the molecule is CC1CCN(c2noc(=O)[nH]2)CC1. The summed E-state index contributed by atoms with van der Waals surface area (Å²) in [5, 5.41) is 3.65. The first-order chi connectivity index (χ1) is 6.25. The van der Waals surface area contributed by atoms with E-state index in [1.54, 1.807) is 0 Å². The summed E-state index contributed by atoms with van der Waals surface area (Å²) in [5.41, 5.74) is 0. The molecule has 0 unspecified atom stereocenters. The molecular formula is C8H13N3O2. The maximum atomic E-state index is 10.7. The molecule has 0 bridgehead atoms. The molecule has 0 atom stereocenters. The standard InChI is InChI=1S/C8H13N3O2/c1-6-2-4-11(5-3-6)7-9-8(12)13-10-7/h6H,2-5H2,1H3,(H,9,10,12). The smallest absolute Gasteiger partial charge is 0.340 e. The molecule has 1 aromatic heterocycles. The molecule has 1 N–H and O–H groups in total. The number of hydrogen-bond donors (Lipinski definition) is 1. The molecule has 2 rings (SSSR count). The van der Waals surface area contributed by atoms with Crippen molar-refractivity contribution in [1.82, 2.24) is 10.1 Å². The quantitative estimate of drug-likeness (QED) is 0.692. The van der Waals surface area contributed by atoms with Crippen LogP contribution in [0.2, 0.25) is 0 Å². The van der Waals surface area contributed by atoms with Crippen LogP contribution in [0.25, 0.3) is 0 Å². The van der Waals surface area contributed by atoms with Crippen molar-refractivity contribution in [2.24, 2.45) is 5.92 Å². The number of anilines is 1. The summed E-state index contributed by atoms with van der Waals surface area (Å²) < 4.78 is 4.44. The Morgan fingerprint density at radius 3 is 2.77 bits per heavy atom. The molecule has 1 fully saturated rings. The Labute approximate surface area is 75.7 Å². The molecule has 1 aromatic rings. The summed E-state index contributed by atoms with van der Waals surface area (Å²) in [4.78, 5) is 15.3. The van der Waals surface area contributed by atoms with E-state index in [-0.39, 0.29) is 0 Å². The molecule has 72 valence electrons. The molecule has 2 heterocycles. The molecule has 0 saturated carbocycles. The molecule has 1 aliphatic heterocycles. The number of hydrogen-bond acceptors (Lipinski definition) is 4. The number of nitrogens with one attached hydrogen (secondary N) is 1. The lowest BCUT2D eigenvalue weighted by molar-refractivity contribution is 0.380. The van der Waals surface area contributed by atoms with Gasteiger partial charge in [0.25, 0.3) is 0 Å². The van der Waals surface area contributed by atoms with Gasteiger partial charge in [0, 0.05) is 13.1 Å². The zero-order valence-electron chi connectivity index (χ0n) is 7.62. The second-order valence-corrected chi connectivity index (χ2v) is 3.59. The molecule has 0 amide bonds. The van der Waals surface area contributed by atoms with Gasteiger partial charge in [0.1, 0.15) is 0 Å². The van der Waals surface area contributed by atoms with Gasteiger partial charge in [0.15, 0.2) is 0 Å². The summed E-state index contributed by atoms with van der Waals surface area (Å²) in [6.45, 7) is 4.14. The van der Waals surface area contributed by atoms with Crippen LogP contribution < -0.4 is 10.7 Å². The molecule has 0 radical (unpaired) electrons. The van der Waals surface area contributed by atoms with Crippen LogP contribution in [0, 0.1) is 5.92 Å². The molecule has 5 heteroatoms. The lowest BCUT2D eigenvalue weighted by Crippen LogP contribution is -2.33. The van der Waals surface area contributed by atoms with Gasteiger partial charge in [-0.2, -0.15) is 0 Å². The molecule has 0 aromatic carbocycles. The van der Waals surface area contributed by atoms with Crippen LogP contribution in [-0.2, 0) is 0 Å². The van der Waals surface area contributed by atoms with E-state index in [9.17, 15) is 4.79 Å². The normalized spacial score (nSPS) is 19.3. The Bertz CT molecular complexity index is 322. The van der Waals surface area contributed by atoms with Crippen LogP contribution in [0.15, 0.2) is 9.32 Å². The Hall–Kier alpha value is -1.26. The minimum atomic E-state index is -0.478. The fourth-order valence-electron chi connectivity index (χ4n) is 1.58. The first-order valence-electron chi connectivity index (χ1n) is 4.56. The highest BCUT2D eigenvalue weighted by atomic mass is 16.5. The number of piperidine rings is 1. The maximum absolute atomic E-state index is 10.7. The number of rotatable bonds is 1. The average Bonchev–Trinajstić information content (AvgIpc) is 2.53. The van der Waals surface area contributed by atoms with Crippen LogP contribution in [0.5, 0.6) is 0 Å². The first-order valence-corrected chi connectivity index (χ1v) is 4.56. The van der Waals surface area contributed by atoms with Crippen LogP contribution in [0.4, 0.5) is 5.95 Å². The minimum absolute atomic E-state index is 0.478. The highest BCUT2D eigenvalue weighted by molar-refractivity contribution is 5.26. The molecule has 0 spiro atoms. The number of nitrogens with zero attached hydrogens (tertiary/aromatic N) is 2. The lowest BCUT2D eigenvalue weighted by atomic mass is 10.00. The van der Waals surface area contributed by atoms with Gasteiger partial charge in [-0.1, -0.05) is 6.92 Å². The summed E-state index contributed by atoms with van der Waals surface area (Å²) >= 11 is 0. The molecule has 5 nitrogen and oxygen atoms in total. The van der Waals surface area contributed by atoms with Crippen molar-refractivity contribution in [1.29, 1.82) is 0 Å². The van der Waals surface area contributed by atoms with Gasteiger partial charge in [0.2, 0.25) is 5.95 Å². The minimum Gasteiger partial charge on any atom is -0.340 e. The van der Waals surface area contributed by atoms with Crippen LogP contribution in [0.1, 0.15) is 19.8 Å². The molecule has 1 saturated heterocycles. The fourth-order valence-corrected chi connectivity index (χ4v) is 1.58. The van der Waals surface area contributed by atoms with E-state index in [1.165, 1.54) is 0 Å². The monoisotopic (exact) mass is 183 g/mol. The zero-order valence-corrected chi connectivity index (χ0v) is 7.62. The van der Waals surface area contributed by atoms with Gasteiger partial charge in [-0.25, -0.2) is 4.79 Å². The van der Waals surface area contributed by atoms with Crippen molar-refractivity contribution in [2.45, 2.75) is 19.8 Å². The van der Waals surface area contributed by atoms with Gasteiger partial charge in [-0.15, -0.1) is 0 Å². The van der Waals surface area contributed by atoms with Crippen molar-refractivity contribution in [3.63, 3.8) is 0 Å². The van der Waals surface area contributed by atoms with Crippen LogP contribution in [-0.4, -0.2) is 23.2 Å². The van der Waals surface area contributed by atoms with Crippen molar-refractivity contribution in [3.05, 3.63) is 10.6 Å². The summed E-state index contributed by atoms with van der Waals surface area (Å²) in [6.07, 6.45) is 2.30. The number of aromatic nitrogens is 2. The van der Waals surface area contributed by atoms with E-state index in [4.69, 9.17) is 0 Å². The predicted octanol–water partition coefficient (Wildman–Crippen LogP) is 0.599. The Morgan fingerprint density at radius 2 is 2.23 bits per heavy atom. The van der Waals surface area contributed by atoms with Gasteiger partial charge in [-0.05, 0) is 23.9 Å². The second-order valence-electron chi connectivity index (χ2n) is 3.59. The van der Waals surface area contributed by atoms with Crippen molar-refractivity contribution in [2.75, 3.05) is 18.0 Å². The lowest BCUT2D eigenvalue weighted by Gasteiger charge is -2.28. The zero-order chi connectivity index (χ0) is 9.26. The van der Waals surface area contributed by atoms with E-state index < -0.39 is 5.76 Å². The highest BCUT2D eigenvalue weighted by Crippen LogP contribution is 2.18. The first kappa shape index (κ1) is 8.34. The third-order valence-electron chi connectivity index (χ3n) is 2.51. The van der Waals surface area contributed by atoms with Crippen LogP contribution >= 0.6 is 0 Å². The van der Waals surface area contributed by atoms with Gasteiger partial charge >= 0.3 is 5.76 Å². The van der Waals surface area contributed by atoms with Gasteiger partial charge in [0.05, 0.1) is 0 Å². The summed E-state index contributed by atoms with van der Waals surface area (Å²) in [6, 6.07) is 0. The molecule has 0 aliphatic carbocycles. The Morgan fingerprint density at radius 1 is 1.54 bits per heavy atom. The van der Waals surface area contributed by atoms with Crippen molar-refractivity contribution < 1.29 is 4.52 Å². The largest absolute Gasteiger partial charge is 0.440 e. The van der Waals surface area contributed by atoms with Crippen molar-refractivity contribution >= 4 is 5.95 Å². The fraction of sp³-hybridized carbons (Fsp3) is 0.750. The summed E-state index contributed by atoms with van der Waals surface area (Å²) in [7, 11) is 0. The third-order valence-corrected chi connectivity index (χ3v) is 2.51. The van der Waals surface area contributed by atoms with Gasteiger partial charge < -0.3 is 4.90 Å². The van der Waals surface area contributed by atoms with E-state index in [0.29, 0.717) is 5.95 Å². The molecule has 1 aliphatic rings. The highest BCUT2D eigenvalue weighted by Gasteiger charge is 2.18. The van der Waals surface area contributed by atoms with E-state index in [0.717, 1.165) is 31.8 Å². The van der Waals surface area contributed by atoms with E-state index in [1.807, 2.05) is 4.90 Å². The maximum Gasteiger partial charge on any atom is 0.440 e. The van der Waals surface area contributed by atoms with Crippen molar-refractivity contribution in [3.8, 4) is 0 Å². The molecular weight excluding hydrogens is 170 g/mol. The molecule has 13 heavy (non-hydrogen) atoms. The van der Waals surface area contributed by atoms with E-state index >= 15 is 0 Å². The Balaban J connectivity index is 2.06. The topological polar surface area (TPSA) is 62.1 Å². The number of aromatic amines is 1. The average molecular weight is 183 g/mol. The predicted molar refractivity (Wildman–Crippen MR) is 47.7 cm³/mol.